The van der Waals surface area contributed by atoms with Crippen LogP contribution in [0.2, 0.25) is 0 Å². The van der Waals surface area contributed by atoms with Crippen molar-refractivity contribution < 1.29 is 13.5 Å². The number of nitrogens with one attached hydrogen (secondary N) is 1. The molecule has 1 aliphatic carbocycles. The maximum Gasteiger partial charge on any atom is 0.240 e. The number of aliphatic hydroxyl groups excluding tert-OH is 1. The maximum absolute atomic E-state index is 12.4. The summed E-state index contributed by atoms with van der Waals surface area (Å²) in [5.74, 6) is 0.582. The number of hydrogen-bond donors (Lipinski definition) is 2. The molecule has 20 heavy (non-hydrogen) atoms. The van der Waals surface area contributed by atoms with Gasteiger partial charge in [0.1, 0.15) is 0 Å². The Hall–Kier alpha value is -0.910. The van der Waals surface area contributed by atoms with E-state index in [9.17, 15) is 13.5 Å². The molecule has 0 amide bonds. The molecule has 0 heterocycles. The summed E-state index contributed by atoms with van der Waals surface area (Å²) >= 11 is 0. The van der Waals surface area contributed by atoms with Gasteiger partial charge in [-0.2, -0.15) is 0 Å². The lowest BCUT2D eigenvalue weighted by atomic mass is 10.1. The quantitative estimate of drug-likeness (QED) is 0.875. The second-order valence-corrected chi connectivity index (χ2v) is 7.39. The van der Waals surface area contributed by atoms with Crippen molar-refractivity contribution in [3.63, 3.8) is 0 Å². The lowest BCUT2D eigenvalue weighted by molar-refractivity contribution is 0.280. The SMILES string of the molecule is CCc1ccc(S(=O)(=O)NC2CCC(C)C2)cc1CO. The summed E-state index contributed by atoms with van der Waals surface area (Å²) < 4.78 is 27.5. The maximum atomic E-state index is 12.4. The molecule has 0 spiro atoms. The second kappa shape index (κ2) is 6.24. The van der Waals surface area contributed by atoms with Gasteiger partial charge < -0.3 is 5.11 Å². The van der Waals surface area contributed by atoms with Crippen molar-refractivity contribution in [3.05, 3.63) is 29.3 Å². The van der Waals surface area contributed by atoms with Crippen molar-refractivity contribution in [3.8, 4) is 0 Å². The summed E-state index contributed by atoms with van der Waals surface area (Å²) in [5.41, 5.74) is 1.68. The van der Waals surface area contributed by atoms with Crippen LogP contribution in [0.15, 0.2) is 23.1 Å². The topological polar surface area (TPSA) is 66.4 Å². The van der Waals surface area contributed by atoms with Crippen LogP contribution in [0.1, 0.15) is 44.2 Å². The first-order valence-electron chi connectivity index (χ1n) is 7.21. The smallest absolute Gasteiger partial charge is 0.240 e. The fourth-order valence-corrected chi connectivity index (χ4v) is 4.20. The van der Waals surface area contributed by atoms with E-state index in [-0.39, 0.29) is 17.5 Å². The minimum atomic E-state index is -3.49. The largest absolute Gasteiger partial charge is 0.392 e. The summed E-state index contributed by atoms with van der Waals surface area (Å²) in [5, 5.41) is 9.34. The number of rotatable bonds is 5. The van der Waals surface area contributed by atoms with Crippen LogP contribution in [0.3, 0.4) is 0 Å². The second-order valence-electron chi connectivity index (χ2n) is 5.68. The van der Waals surface area contributed by atoms with Crippen molar-refractivity contribution in [1.82, 2.24) is 4.72 Å². The number of sulfonamides is 1. The molecule has 1 aromatic carbocycles. The first-order chi connectivity index (χ1) is 9.46. The molecule has 0 bridgehead atoms. The van der Waals surface area contributed by atoms with Crippen LogP contribution >= 0.6 is 0 Å². The highest BCUT2D eigenvalue weighted by Crippen LogP contribution is 2.26. The van der Waals surface area contributed by atoms with Crippen LogP contribution in [-0.2, 0) is 23.1 Å². The lowest BCUT2D eigenvalue weighted by Gasteiger charge is -2.14. The van der Waals surface area contributed by atoms with Crippen LogP contribution in [0.4, 0.5) is 0 Å². The van der Waals surface area contributed by atoms with E-state index in [1.54, 1.807) is 18.2 Å². The zero-order valence-electron chi connectivity index (χ0n) is 12.1. The Morgan fingerprint density at radius 1 is 1.30 bits per heavy atom. The van der Waals surface area contributed by atoms with E-state index < -0.39 is 10.0 Å². The summed E-state index contributed by atoms with van der Waals surface area (Å²) in [6.07, 6.45) is 3.66. The van der Waals surface area contributed by atoms with E-state index in [4.69, 9.17) is 0 Å². The highest BCUT2D eigenvalue weighted by atomic mass is 32.2. The van der Waals surface area contributed by atoms with E-state index in [1.165, 1.54) is 0 Å². The fourth-order valence-electron chi connectivity index (χ4n) is 2.86. The van der Waals surface area contributed by atoms with Gasteiger partial charge in [0.2, 0.25) is 10.0 Å². The molecule has 1 saturated carbocycles. The van der Waals surface area contributed by atoms with Gasteiger partial charge in [-0.25, -0.2) is 13.1 Å². The number of benzene rings is 1. The number of hydrogen-bond acceptors (Lipinski definition) is 3. The summed E-state index contributed by atoms with van der Waals surface area (Å²) in [7, 11) is -3.49. The van der Waals surface area contributed by atoms with Crippen molar-refractivity contribution >= 4 is 10.0 Å². The Balaban J connectivity index is 2.21. The molecule has 2 unspecified atom stereocenters. The van der Waals surface area contributed by atoms with Gasteiger partial charge in [-0.15, -0.1) is 0 Å². The Labute approximate surface area is 121 Å². The average Bonchev–Trinajstić information content (AvgIpc) is 2.82. The van der Waals surface area contributed by atoms with Crippen molar-refractivity contribution in [2.24, 2.45) is 5.92 Å². The molecule has 0 aromatic heterocycles. The standard InChI is InChI=1S/C15H23NO3S/c1-3-12-5-7-15(9-13(12)10-17)20(18,19)16-14-6-4-11(2)8-14/h5,7,9,11,14,16-17H,3-4,6,8,10H2,1-2H3. The molecule has 2 atom stereocenters. The zero-order chi connectivity index (χ0) is 14.8. The number of aryl methyl sites for hydroxylation is 1. The monoisotopic (exact) mass is 297 g/mol. The van der Waals surface area contributed by atoms with E-state index >= 15 is 0 Å². The minimum Gasteiger partial charge on any atom is -0.392 e. The van der Waals surface area contributed by atoms with E-state index in [1.807, 2.05) is 6.92 Å². The van der Waals surface area contributed by atoms with E-state index in [2.05, 4.69) is 11.6 Å². The molecule has 5 heteroatoms. The highest BCUT2D eigenvalue weighted by Gasteiger charge is 2.26. The average molecular weight is 297 g/mol. The van der Waals surface area contributed by atoms with Crippen LogP contribution in [-0.4, -0.2) is 19.6 Å². The molecule has 2 N–H and O–H groups in total. The Morgan fingerprint density at radius 2 is 2.05 bits per heavy atom. The third kappa shape index (κ3) is 3.40. The minimum absolute atomic E-state index is 0.0402. The highest BCUT2D eigenvalue weighted by molar-refractivity contribution is 7.89. The van der Waals surface area contributed by atoms with Crippen LogP contribution in [0, 0.1) is 5.92 Å². The Morgan fingerprint density at radius 3 is 2.60 bits per heavy atom. The predicted molar refractivity (Wildman–Crippen MR) is 78.9 cm³/mol. The lowest BCUT2D eigenvalue weighted by Crippen LogP contribution is -2.33. The third-order valence-electron chi connectivity index (χ3n) is 4.06. The van der Waals surface area contributed by atoms with Crippen LogP contribution in [0.25, 0.3) is 0 Å². The molecular weight excluding hydrogens is 274 g/mol. The first kappa shape index (κ1) is 15.5. The molecule has 112 valence electrons. The molecular formula is C15H23NO3S. The molecule has 1 fully saturated rings. The van der Waals surface area contributed by atoms with Gasteiger partial charge in [0.25, 0.3) is 0 Å². The summed E-state index contributed by atoms with van der Waals surface area (Å²) in [6.45, 7) is 4.00. The van der Waals surface area contributed by atoms with Gasteiger partial charge in [0.05, 0.1) is 11.5 Å². The van der Waals surface area contributed by atoms with Gasteiger partial charge in [-0.05, 0) is 54.9 Å². The van der Waals surface area contributed by atoms with Gasteiger partial charge in [0, 0.05) is 6.04 Å². The molecule has 1 aromatic rings. The third-order valence-corrected chi connectivity index (χ3v) is 5.57. The summed E-state index contributed by atoms with van der Waals surface area (Å²) in [6, 6.07) is 5.04. The molecule has 1 aliphatic rings. The molecule has 0 aliphatic heterocycles. The normalized spacial score (nSPS) is 23.1. The van der Waals surface area contributed by atoms with Crippen molar-refractivity contribution in [2.45, 2.75) is 57.1 Å². The Kier molecular flexibility index (Phi) is 4.83. The fraction of sp³-hybridized carbons (Fsp3) is 0.600. The first-order valence-corrected chi connectivity index (χ1v) is 8.69. The molecule has 2 rings (SSSR count). The van der Waals surface area contributed by atoms with Gasteiger partial charge in [-0.1, -0.05) is 19.9 Å². The van der Waals surface area contributed by atoms with Crippen molar-refractivity contribution in [2.75, 3.05) is 0 Å². The Bertz CT molecular complexity index is 568. The zero-order valence-corrected chi connectivity index (χ0v) is 12.9. The van der Waals surface area contributed by atoms with Crippen LogP contribution in [0.5, 0.6) is 0 Å². The van der Waals surface area contributed by atoms with Gasteiger partial charge >= 0.3 is 0 Å². The van der Waals surface area contributed by atoms with Gasteiger partial charge in [-0.3, -0.25) is 0 Å². The predicted octanol–water partition coefficient (Wildman–Crippen LogP) is 2.21. The van der Waals surface area contributed by atoms with Crippen LogP contribution < -0.4 is 4.72 Å². The number of aliphatic hydroxyl groups is 1. The molecule has 0 radical (unpaired) electrons. The molecule has 4 nitrogen and oxygen atoms in total. The van der Waals surface area contributed by atoms with E-state index in [0.717, 1.165) is 31.2 Å². The molecule has 0 saturated heterocycles. The summed E-state index contributed by atoms with van der Waals surface area (Å²) in [4.78, 5) is 0.248. The van der Waals surface area contributed by atoms with Crippen molar-refractivity contribution in [1.29, 1.82) is 0 Å². The van der Waals surface area contributed by atoms with E-state index in [0.29, 0.717) is 11.5 Å². The van der Waals surface area contributed by atoms with Gasteiger partial charge in [0.15, 0.2) is 0 Å².